The fourth-order valence-electron chi connectivity index (χ4n) is 3.64. The van der Waals surface area contributed by atoms with E-state index in [0.717, 1.165) is 11.1 Å². The highest BCUT2D eigenvalue weighted by Gasteiger charge is 2.54. The third-order valence-corrected chi connectivity index (χ3v) is 5.06. The molecule has 1 saturated heterocycles. The predicted molar refractivity (Wildman–Crippen MR) is 74.8 cm³/mol. The van der Waals surface area contributed by atoms with Crippen LogP contribution in [0, 0.1) is 11.8 Å². The zero-order valence-electron chi connectivity index (χ0n) is 11.6. The van der Waals surface area contributed by atoms with Gasteiger partial charge in [-0.05, 0) is 30.0 Å². The summed E-state index contributed by atoms with van der Waals surface area (Å²) in [4.78, 5) is 12.8. The van der Waals surface area contributed by atoms with Gasteiger partial charge >= 0.3 is 12.1 Å². The zero-order chi connectivity index (χ0) is 16.1. The van der Waals surface area contributed by atoms with Gasteiger partial charge in [0.15, 0.2) is 0 Å². The van der Waals surface area contributed by atoms with Gasteiger partial charge in [0.25, 0.3) is 0 Å². The first-order valence-electron chi connectivity index (χ1n) is 7.10. The van der Waals surface area contributed by atoms with Crippen molar-refractivity contribution in [3.8, 4) is 0 Å². The molecule has 0 bridgehead atoms. The molecule has 3 rings (SSSR count). The van der Waals surface area contributed by atoms with Crippen LogP contribution in [0.3, 0.4) is 0 Å². The van der Waals surface area contributed by atoms with Crippen molar-refractivity contribution < 1.29 is 23.1 Å². The van der Waals surface area contributed by atoms with Crippen LogP contribution in [-0.2, 0) is 11.2 Å². The summed E-state index contributed by atoms with van der Waals surface area (Å²) in [7, 11) is 0. The van der Waals surface area contributed by atoms with E-state index in [1.165, 1.54) is 0 Å². The maximum atomic E-state index is 13.1. The van der Waals surface area contributed by atoms with Crippen LogP contribution in [0.1, 0.15) is 23.6 Å². The Morgan fingerprint density at radius 1 is 1.32 bits per heavy atom. The van der Waals surface area contributed by atoms with E-state index in [9.17, 15) is 18.0 Å². The van der Waals surface area contributed by atoms with Crippen molar-refractivity contribution in [3.05, 3.63) is 34.3 Å². The second-order valence-corrected chi connectivity index (χ2v) is 6.32. The molecule has 7 heteroatoms. The highest BCUT2D eigenvalue weighted by Crippen LogP contribution is 2.45. The number of carboxylic acid groups (broad SMARTS) is 1. The number of carboxylic acids is 1. The van der Waals surface area contributed by atoms with Gasteiger partial charge in [-0.3, -0.25) is 9.69 Å². The first-order chi connectivity index (χ1) is 10.3. The Hall–Kier alpha value is -1.27. The van der Waals surface area contributed by atoms with Crippen molar-refractivity contribution in [2.24, 2.45) is 11.8 Å². The van der Waals surface area contributed by atoms with Gasteiger partial charge in [-0.1, -0.05) is 23.7 Å². The number of nitrogens with zero attached hydrogens (tertiary/aromatic N) is 1. The normalized spacial score (nSPS) is 28.8. The summed E-state index contributed by atoms with van der Waals surface area (Å²) in [5.74, 6) is -4.59. The summed E-state index contributed by atoms with van der Waals surface area (Å²) in [5, 5.41) is 9.73. The number of halogens is 4. The van der Waals surface area contributed by atoms with E-state index in [0.29, 0.717) is 17.9 Å². The number of likely N-dealkylation sites (tertiary alicyclic amines) is 1. The number of aliphatic carboxylic acids is 1. The molecule has 1 aliphatic heterocycles. The average Bonchev–Trinajstić information content (AvgIpc) is 3.01. The molecule has 22 heavy (non-hydrogen) atoms. The van der Waals surface area contributed by atoms with Crippen molar-refractivity contribution >= 4 is 17.6 Å². The van der Waals surface area contributed by atoms with Crippen LogP contribution >= 0.6 is 11.6 Å². The zero-order valence-corrected chi connectivity index (χ0v) is 12.4. The number of rotatable bonds is 2. The first-order valence-corrected chi connectivity index (χ1v) is 7.47. The van der Waals surface area contributed by atoms with E-state index in [-0.39, 0.29) is 19.1 Å². The van der Waals surface area contributed by atoms with Gasteiger partial charge in [0.2, 0.25) is 0 Å². The molecule has 1 heterocycles. The first kappa shape index (κ1) is 15.6. The molecule has 0 radical (unpaired) electrons. The van der Waals surface area contributed by atoms with E-state index in [4.69, 9.17) is 16.7 Å². The quantitative estimate of drug-likeness (QED) is 0.900. The SMILES string of the molecule is O=C(O)[C@@H]1CN([C@@H]2CCc3c(Cl)cccc32)C[C@H]1C(F)(F)F. The fraction of sp³-hybridized carbons (Fsp3) is 0.533. The molecule has 0 aromatic heterocycles. The van der Waals surface area contributed by atoms with Crippen molar-refractivity contribution in [2.45, 2.75) is 25.1 Å². The highest BCUT2D eigenvalue weighted by atomic mass is 35.5. The molecular formula is C15H15ClF3NO2. The molecule has 0 saturated carbocycles. The molecule has 3 atom stereocenters. The largest absolute Gasteiger partial charge is 0.481 e. The van der Waals surface area contributed by atoms with Crippen molar-refractivity contribution in [1.29, 1.82) is 0 Å². The van der Waals surface area contributed by atoms with Gasteiger partial charge in [0, 0.05) is 24.2 Å². The Kier molecular flexibility index (Phi) is 3.85. The summed E-state index contributed by atoms with van der Waals surface area (Å²) >= 11 is 6.13. The van der Waals surface area contributed by atoms with Gasteiger partial charge in [-0.15, -0.1) is 0 Å². The van der Waals surface area contributed by atoms with Gasteiger partial charge in [-0.25, -0.2) is 0 Å². The Bertz CT molecular complexity index is 605. The molecule has 2 aliphatic rings. The van der Waals surface area contributed by atoms with E-state index >= 15 is 0 Å². The lowest BCUT2D eigenvalue weighted by Crippen LogP contribution is -2.33. The van der Waals surface area contributed by atoms with Gasteiger partial charge in [0.1, 0.15) is 0 Å². The molecule has 3 nitrogen and oxygen atoms in total. The number of alkyl halides is 3. The molecule has 1 aromatic rings. The van der Waals surface area contributed by atoms with Gasteiger partial charge < -0.3 is 5.11 Å². The van der Waals surface area contributed by atoms with E-state index in [2.05, 4.69) is 0 Å². The van der Waals surface area contributed by atoms with Crippen LogP contribution in [0.25, 0.3) is 0 Å². The Labute approximate surface area is 130 Å². The monoisotopic (exact) mass is 333 g/mol. The van der Waals surface area contributed by atoms with Crippen LogP contribution in [0.2, 0.25) is 5.02 Å². The van der Waals surface area contributed by atoms with Crippen molar-refractivity contribution in [3.63, 3.8) is 0 Å². The maximum Gasteiger partial charge on any atom is 0.393 e. The molecule has 0 spiro atoms. The van der Waals surface area contributed by atoms with Crippen LogP contribution < -0.4 is 0 Å². The smallest absolute Gasteiger partial charge is 0.393 e. The lowest BCUT2D eigenvalue weighted by Gasteiger charge is -2.25. The Balaban J connectivity index is 1.87. The van der Waals surface area contributed by atoms with Gasteiger partial charge in [0.05, 0.1) is 11.8 Å². The lowest BCUT2D eigenvalue weighted by molar-refractivity contribution is -0.188. The minimum absolute atomic E-state index is 0.0733. The third kappa shape index (κ3) is 2.58. The van der Waals surface area contributed by atoms with Gasteiger partial charge in [-0.2, -0.15) is 13.2 Å². The third-order valence-electron chi connectivity index (χ3n) is 4.71. The average molecular weight is 334 g/mol. The molecule has 1 fully saturated rings. The lowest BCUT2D eigenvalue weighted by atomic mass is 9.96. The van der Waals surface area contributed by atoms with Crippen molar-refractivity contribution in [1.82, 2.24) is 4.90 Å². The molecule has 120 valence electrons. The number of carbonyl (C=O) groups is 1. The second kappa shape index (κ2) is 5.42. The molecule has 0 unspecified atom stereocenters. The minimum atomic E-state index is -4.49. The summed E-state index contributed by atoms with van der Waals surface area (Å²) in [5.41, 5.74) is 1.90. The fourth-order valence-corrected chi connectivity index (χ4v) is 3.91. The Morgan fingerprint density at radius 2 is 2.05 bits per heavy atom. The summed E-state index contributed by atoms with van der Waals surface area (Å²) < 4.78 is 39.2. The standard InChI is InChI=1S/C15H15ClF3NO2/c16-12-3-1-2-9-8(12)4-5-13(9)20-6-10(14(21)22)11(7-20)15(17,18)19/h1-3,10-11,13H,4-7H2,(H,21,22)/t10-,11-,13-/m1/s1. The summed E-state index contributed by atoms with van der Waals surface area (Å²) in [6.45, 7) is -0.340. The molecular weight excluding hydrogens is 319 g/mol. The van der Waals surface area contributed by atoms with E-state index in [1.54, 1.807) is 17.0 Å². The summed E-state index contributed by atoms with van der Waals surface area (Å²) in [6.07, 6.45) is -3.10. The second-order valence-electron chi connectivity index (χ2n) is 5.91. The van der Waals surface area contributed by atoms with E-state index in [1.807, 2.05) is 6.07 Å². The number of benzene rings is 1. The molecule has 1 aliphatic carbocycles. The van der Waals surface area contributed by atoms with Crippen LogP contribution in [-0.4, -0.2) is 35.2 Å². The number of hydrogen-bond donors (Lipinski definition) is 1. The number of hydrogen-bond acceptors (Lipinski definition) is 2. The van der Waals surface area contributed by atoms with Crippen LogP contribution in [0.15, 0.2) is 18.2 Å². The topological polar surface area (TPSA) is 40.5 Å². The molecule has 1 aromatic carbocycles. The maximum absolute atomic E-state index is 13.1. The molecule has 1 N–H and O–H groups in total. The minimum Gasteiger partial charge on any atom is -0.481 e. The highest BCUT2D eigenvalue weighted by molar-refractivity contribution is 6.31. The Morgan fingerprint density at radius 3 is 2.64 bits per heavy atom. The molecule has 0 amide bonds. The van der Waals surface area contributed by atoms with E-state index < -0.39 is 24.0 Å². The predicted octanol–water partition coefficient (Wildman–Crippen LogP) is 3.52. The summed E-state index contributed by atoms with van der Waals surface area (Å²) in [6, 6.07) is 5.25. The van der Waals surface area contributed by atoms with Crippen LogP contribution in [0.5, 0.6) is 0 Å². The number of fused-ring (bicyclic) bond motifs is 1. The van der Waals surface area contributed by atoms with Crippen LogP contribution in [0.4, 0.5) is 13.2 Å². The van der Waals surface area contributed by atoms with Crippen molar-refractivity contribution in [2.75, 3.05) is 13.1 Å².